The van der Waals surface area contributed by atoms with Gasteiger partial charge in [-0.15, -0.1) is 12.4 Å². The highest BCUT2D eigenvalue weighted by molar-refractivity contribution is 7.84. The molecule has 0 spiro atoms. The van der Waals surface area contributed by atoms with E-state index in [9.17, 15) is 9.00 Å². The second-order valence-corrected chi connectivity index (χ2v) is 6.38. The van der Waals surface area contributed by atoms with Gasteiger partial charge in [0, 0.05) is 42.1 Å². The summed E-state index contributed by atoms with van der Waals surface area (Å²) < 4.78 is 11.3. The number of carbonyl (C=O) groups is 1. The van der Waals surface area contributed by atoms with Gasteiger partial charge in [-0.25, -0.2) is 0 Å². The molecular formula is C14H21ClN2O2S. The van der Waals surface area contributed by atoms with Gasteiger partial charge < -0.3 is 10.2 Å². The normalized spacial score (nSPS) is 17.6. The zero-order chi connectivity index (χ0) is 14.0. The Morgan fingerprint density at radius 2 is 1.90 bits per heavy atom. The molecule has 0 aliphatic carbocycles. The minimum atomic E-state index is -0.958. The Morgan fingerprint density at radius 1 is 1.35 bits per heavy atom. The van der Waals surface area contributed by atoms with Crippen molar-refractivity contribution in [2.24, 2.45) is 5.92 Å². The quantitative estimate of drug-likeness (QED) is 0.917. The van der Waals surface area contributed by atoms with Gasteiger partial charge in [0.25, 0.3) is 0 Å². The molecule has 0 radical (unpaired) electrons. The number of hydrogen-bond acceptors (Lipinski definition) is 3. The molecule has 6 heteroatoms. The third-order valence-corrected chi connectivity index (χ3v) is 4.69. The average molecular weight is 317 g/mol. The van der Waals surface area contributed by atoms with Crippen LogP contribution in [0.2, 0.25) is 0 Å². The Kier molecular flexibility index (Phi) is 6.17. The van der Waals surface area contributed by atoms with Crippen LogP contribution in [0.5, 0.6) is 0 Å². The van der Waals surface area contributed by atoms with Crippen molar-refractivity contribution in [3.05, 3.63) is 29.8 Å². The Hall–Kier alpha value is -0.910. The van der Waals surface area contributed by atoms with Crippen molar-refractivity contribution in [3.8, 4) is 0 Å². The topological polar surface area (TPSA) is 49.4 Å². The van der Waals surface area contributed by atoms with Gasteiger partial charge in [0.05, 0.1) is 12.0 Å². The standard InChI is InChI=1S/C14H20N2O2S.ClH/c1-10(16(2)14(17)12-8-15-9-12)11-4-6-13(7-5-11)19(3)18;/h4-7,10,12,15H,8-9H2,1-3H3;1H. The van der Waals surface area contributed by atoms with Crippen molar-refractivity contribution in [1.29, 1.82) is 0 Å². The fraction of sp³-hybridized carbons (Fsp3) is 0.500. The fourth-order valence-electron chi connectivity index (χ4n) is 2.10. The summed E-state index contributed by atoms with van der Waals surface area (Å²) in [5.74, 6) is 0.310. The first-order valence-electron chi connectivity index (χ1n) is 6.41. The van der Waals surface area contributed by atoms with E-state index in [0.717, 1.165) is 23.5 Å². The van der Waals surface area contributed by atoms with Gasteiger partial charge in [0.1, 0.15) is 0 Å². The van der Waals surface area contributed by atoms with Crippen LogP contribution >= 0.6 is 12.4 Å². The molecule has 112 valence electrons. The molecule has 1 aromatic rings. The molecule has 1 aliphatic rings. The largest absolute Gasteiger partial charge is 0.339 e. The first-order valence-corrected chi connectivity index (χ1v) is 7.97. The van der Waals surface area contributed by atoms with E-state index in [1.807, 2.05) is 38.2 Å². The lowest BCUT2D eigenvalue weighted by Crippen LogP contribution is -2.51. The second-order valence-electron chi connectivity index (χ2n) is 5.00. The van der Waals surface area contributed by atoms with E-state index >= 15 is 0 Å². The minimum Gasteiger partial charge on any atom is -0.339 e. The van der Waals surface area contributed by atoms with Crippen LogP contribution < -0.4 is 5.32 Å². The van der Waals surface area contributed by atoms with Crippen LogP contribution in [0.25, 0.3) is 0 Å². The van der Waals surface area contributed by atoms with Crippen molar-refractivity contribution in [2.45, 2.75) is 17.9 Å². The number of nitrogens with zero attached hydrogens (tertiary/aromatic N) is 1. The third-order valence-electron chi connectivity index (χ3n) is 3.75. The minimum absolute atomic E-state index is 0. The molecule has 0 bridgehead atoms. The van der Waals surface area contributed by atoms with E-state index in [2.05, 4.69) is 5.32 Å². The number of nitrogens with one attached hydrogen (secondary N) is 1. The van der Waals surface area contributed by atoms with Gasteiger partial charge in [-0.05, 0) is 24.6 Å². The SMILES string of the molecule is CC(c1ccc(S(C)=O)cc1)N(C)C(=O)C1CNC1.Cl. The fourth-order valence-corrected chi connectivity index (χ4v) is 2.62. The van der Waals surface area contributed by atoms with Crippen molar-refractivity contribution in [2.75, 3.05) is 26.4 Å². The number of amides is 1. The molecule has 1 amide bonds. The maximum atomic E-state index is 12.2. The van der Waals surface area contributed by atoms with E-state index in [1.165, 1.54) is 0 Å². The molecular weight excluding hydrogens is 296 g/mol. The number of halogens is 1. The summed E-state index contributed by atoms with van der Waals surface area (Å²) in [7, 11) is 0.886. The van der Waals surface area contributed by atoms with Crippen molar-refractivity contribution in [1.82, 2.24) is 10.2 Å². The zero-order valence-corrected chi connectivity index (χ0v) is 13.6. The summed E-state index contributed by atoms with van der Waals surface area (Å²) in [5.41, 5.74) is 1.07. The summed E-state index contributed by atoms with van der Waals surface area (Å²) in [5, 5.41) is 3.11. The van der Waals surface area contributed by atoms with E-state index in [0.29, 0.717) is 0 Å². The van der Waals surface area contributed by atoms with E-state index in [-0.39, 0.29) is 30.3 Å². The first-order chi connectivity index (χ1) is 9.00. The summed E-state index contributed by atoms with van der Waals surface area (Å²) >= 11 is 0. The predicted molar refractivity (Wildman–Crippen MR) is 83.6 cm³/mol. The summed E-state index contributed by atoms with van der Waals surface area (Å²) in [6.45, 7) is 3.58. The predicted octanol–water partition coefficient (Wildman–Crippen LogP) is 1.58. The molecule has 1 aliphatic heterocycles. The van der Waals surface area contributed by atoms with E-state index in [4.69, 9.17) is 0 Å². The maximum Gasteiger partial charge on any atom is 0.228 e. The Labute approximate surface area is 128 Å². The third kappa shape index (κ3) is 3.59. The van der Waals surface area contributed by atoms with Crippen molar-refractivity contribution >= 4 is 29.1 Å². The van der Waals surface area contributed by atoms with Gasteiger partial charge in [-0.2, -0.15) is 0 Å². The first kappa shape index (κ1) is 17.1. The number of carbonyl (C=O) groups excluding carboxylic acids is 1. The van der Waals surface area contributed by atoms with Crippen LogP contribution in [0.4, 0.5) is 0 Å². The van der Waals surface area contributed by atoms with Gasteiger partial charge in [-0.3, -0.25) is 9.00 Å². The molecule has 0 saturated carbocycles. The van der Waals surface area contributed by atoms with Crippen LogP contribution in [0.1, 0.15) is 18.5 Å². The van der Waals surface area contributed by atoms with Crippen LogP contribution in [0.15, 0.2) is 29.2 Å². The molecule has 1 aromatic carbocycles. The number of hydrogen-bond donors (Lipinski definition) is 1. The van der Waals surface area contributed by atoms with Crippen LogP contribution in [-0.2, 0) is 15.6 Å². The van der Waals surface area contributed by atoms with Crippen LogP contribution in [-0.4, -0.2) is 41.4 Å². The van der Waals surface area contributed by atoms with Crippen LogP contribution in [0.3, 0.4) is 0 Å². The highest BCUT2D eigenvalue weighted by Gasteiger charge is 2.29. The molecule has 2 rings (SSSR count). The van der Waals surface area contributed by atoms with Crippen molar-refractivity contribution < 1.29 is 9.00 Å². The Balaban J connectivity index is 0.00000200. The Morgan fingerprint density at radius 3 is 2.30 bits per heavy atom. The van der Waals surface area contributed by atoms with E-state index in [1.54, 1.807) is 11.2 Å². The molecule has 0 aromatic heterocycles. The van der Waals surface area contributed by atoms with Crippen LogP contribution in [0, 0.1) is 5.92 Å². The molecule has 20 heavy (non-hydrogen) atoms. The molecule has 2 unspecified atom stereocenters. The molecule has 4 nitrogen and oxygen atoms in total. The van der Waals surface area contributed by atoms with E-state index < -0.39 is 10.8 Å². The molecule has 1 heterocycles. The average Bonchev–Trinajstić information content (AvgIpc) is 2.35. The van der Waals surface area contributed by atoms with Crippen molar-refractivity contribution in [3.63, 3.8) is 0 Å². The number of benzene rings is 1. The highest BCUT2D eigenvalue weighted by atomic mass is 35.5. The summed E-state index contributed by atoms with van der Waals surface area (Å²) in [6.07, 6.45) is 1.66. The lowest BCUT2D eigenvalue weighted by Gasteiger charge is -2.33. The summed E-state index contributed by atoms with van der Waals surface area (Å²) in [4.78, 5) is 14.8. The smallest absolute Gasteiger partial charge is 0.228 e. The monoisotopic (exact) mass is 316 g/mol. The lowest BCUT2D eigenvalue weighted by molar-refractivity contribution is -0.137. The highest BCUT2D eigenvalue weighted by Crippen LogP contribution is 2.22. The lowest BCUT2D eigenvalue weighted by atomic mass is 9.99. The maximum absolute atomic E-state index is 12.2. The molecule has 1 N–H and O–H groups in total. The zero-order valence-electron chi connectivity index (χ0n) is 12.0. The molecule has 1 fully saturated rings. The van der Waals surface area contributed by atoms with Gasteiger partial charge in [-0.1, -0.05) is 12.1 Å². The molecule has 1 saturated heterocycles. The second kappa shape index (κ2) is 7.20. The Bertz CT molecular complexity index is 488. The van der Waals surface area contributed by atoms with Gasteiger partial charge >= 0.3 is 0 Å². The van der Waals surface area contributed by atoms with Gasteiger partial charge in [0.15, 0.2) is 0 Å². The number of rotatable bonds is 4. The van der Waals surface area contributed by atoms with Gasteiger partial charge in [0.2, 0.25) is 5.91 Å². The molecule has 2 atom stereocenters. The summed E-state index contributed by atoms with van der Waals surface area (Å²) in [6, 6.07) is 7.66.